The van der Waals surface area contributed by atoms with Crippen LogP contribution in [0.1, 0.15) is 12.6 Å². The monoisotopic (exact) mass is 315 g/mol. The molecule has 3 rings (SSSR count). The Morgan fingerprint density at radius 3 is 3.09 bits per heavy atom. The number of nitrogens with one attached hydrogen (secondary N) is 1. The molecule has 114 valence electrons. The van der Waals surface area contributed by atoms with Gasteiger partial charge < -0.3 is 10.1 Å². The molecule has 6 heteroatoms. The van der Waals surface area contributed by atoms with Crippen molar-refractivity contribution < 1.29 is 9.53 Å². The summed E-state index contributed by atoms with van der Waals surface area (Å²) < 4.78 is 7.17. The zero-order valence-electron chi connectivity index (χ0n) is 12.5. The number of carbonyl (C=O) groups is 1. The van der Waals surface area contributed by atoms with E-state index in [9.17, 15) is 4.79 Å². The van der Waals surface area contributed by atoms with Gasteiger partial charge in [0.15, 0.2) is 4.96 Å². The molecule has 2 aromatic heterocycles. The number of carbonyl (C=O) groups excluding carboxylic acids is 1. The average Bonchev–Trinajstić information content (AvgIpc) is 3.08. The molecule has 0 saturated heterocycles. The van der Waals surface area contributed by atoms with Crippen molar-refractivity contribution in [3.05, 3.63) is 41.5 Å². The molecule has 0 unspecified atom stereocenters. The predicted octanol–water partition coefficient (Wildman–Crippen LogP) is 3.35. The van der Waals surface area contributed by atoms with Gasteiger partial charge in [-0.2, -0.15) is 0 Å². The fraction of sp³-hybridized carbons (Fsp3) is 0.250. The van der Waals surface area contributed by atoms with E-state index in [0.717, 1.165) is 21.9 Å². The van der Waals surface area contributed by atoms with E-state index >= 15 is 0 Å². The number of ether oxygens (including phenoxy) is 1. The van der Waals surface area contributed by atoms with Crippen LogP contribution in [0.15, 0.2) is 35.8 Å². The maximum absolute atomic E-state index is 11.7. The molecule has 0 saturated carbocycles. The highest BCUT2D eigenvalue weighted by atomic mass is 32.1. The molecule has 0 spiro atoms. The maximum Gasteiger partial charge on any atom is 0.250 e. The van der Waals surface area contributed by atoms with Gasteiger partial charge in [-0.1, -0.05) is 12.1 Å². The fourth-order valence-electron chi connectivity index (χ4n) is 2.18. The van der Waals surface area contributed by atoms with Gasteiger partial charge in [0.05, 0.1) is 5.69 Å². The Bertz CT molecular complexity index is 807. The van der Waals surface area contributed by atoms with Gasteiger partial charge in [0.25, 0.3) is 0 Å². The van der Waals surface area contributed by atoms with E-state index in [0.29, 0.717) is 6.61 Å². The second-order valence-electron chi connectivity index (χ2n) is 4.92. The average molecular weight is 315 g/mol. The lowest BCUT2D eigenvalue weighted by Crippen LogP contribution is -2.18. The molecule has 1 amide bonds. The molecular formula is C16H17N3O2S. The van der Waals surface area contributed by atoms with Crippen LogP contribution in [-0.4, -0.2) is 28.5 Å². The number of amides is 1. The first kappa shape index (κ1) is 14.7. The van der Waals surface area contributed by atoms with Crippen molar-refractivity contribution in [3.8, 4) is 11.3 Å². The topological polar surface area (TPSA) is 55.6 Å². The summed E-state index contributed by atoms with van der Waals surface area (Å²) in [5.41, 5.74) is 3.79. The molecule has 5 nitrogen and oxygen atoms in total. The van der Waals surface area contributed by atoms with Crippen molar-refractivity contribution in [2.45, 2.75) is 13.8 Å². The molecule has 0 fully saturated rings. The zero-order valence-corrected chi connectivity index (χ0v) is 13.3. The second kappa shape index (κ2) is 6.29. The summed E-state index contributed by atoms with van der Waals surface area (Å²) in [7, 11) is 0. The smallest absolute Gasteiger partial charge is 0.250 e. The summed E-state index contributed by atoms with van der Waals surface area (Å²) in [6.07, 6.45) is 2.02. The van der Waals surface area contributed by atoms with Crippen LogP contribution in [0.5, 0.6) is 0 Å². The number of anilines is 1. The van der Waals surface area contributed by atoms with Crippen LogP contribution in [0.4, 0.5) is 5.69 Å². The van der Waals surface area contributed by atoms with Crippen molar-refractivity contribution in [2.24, 2.45) is 0 Å². The van der Waals surface area contributed by atoms with E-state index in [-0.39, 0.29) is 12.5 Å². The minimum atomic E-state index is -0.152. The van der Waals surface area contributed by atoms with E-state index in [2.05, 4.69) is 27.0 Å². The van der Waals surface area contributed by atoms with E-state index in [1.165, 1.54) is 5.69 Å². The number of fused-ring (bicyclic) bond motifs is 1. The third kappa shape index (κ3) is 3.03. The van der Waals surface area contributed by atoms with E-state index < -0.39 is 0 Å². The van der Waals surface area contributed by atoms with Crippen LogP contribution in [0, 0.1) is 6.92 Å². The molecule has 2 heterocycles. The maximum atomic E-state index is 11.7. The SMILES string of the molecule is CCOCC(=O)Nc1cccc(-c2cn3c(C)csc3n2)c1. The number of thiazole rings is 1. The minimum absolute atomic E-state index is 0.0696. The quantitative estimate of drug-likeness (QED) is 0.785. The number of hydrogen-bond acceptors (Lipinski definition) is 4. The van der Waals surface area contributed by atoms with Gasteiger partial charge in [-0.05, 0) is 26.0 Å². The fourth-order valence-corrected chi connectivity index (χ4v) is 3.03. The summed E-state index contributed by atoms with van der Waals surface area (Å²) in [5, 5.41) is 4.91. The van der Waals surface area contributed by atoms with Crippen LogP contribution >= 0.6 is 11.3 Å². The largest absolute Gasteiger partial charge is 0.372 e. The van der Waals surface area contributed by atoms with Crippen LogP contribution < -0.4 is 5.32 Å². The third-order valence-electron chi connectivity index (χ3n) is 3.27. The Morgan fingerprint density at radius 1 is 1.45 bits per heavy atom. The Morgan fingerprint density at radius 2 is 2.32 bits per heavy atom. The standard InChI is InChI=1S/C16H17N3O2S/c1-3-21-9-15(20)17-13-6-4-5-12(7-13)14-8-19-11(2)10-22-16(19)18-14/h4-8,10H,3,9H2,1-2H3,(H,17,20). The zero-order chi connectivity index (χ0) is 15.5. The van der Waals surface area contributed by atoms with Crippen molar-refractivity contribution >= 4 is 27.9 Å². The molecule has 22 heavy (non-hydrogen) atoms. The lowest BCUT2D eigenvalue weighted by molar-refractivity contribution is -0.120. The van der Waals surface area contributed by atoms with E-state index in [1.807, 2.05) is 37.4 Å². The number of aryl methyl sites for hydroxylation is 1. The number of nitrogens with zero attached hydrogens (tertiary/aromatic N) is 2. The second-order valence-corrected chi connectivity index (χ2v) is 5.76. The third-order valence-corrected chi connectivity index (χ3v) is 4.23. The highest BCUT2D eigenvalue weighted by Crippen LogP contribution is 2.25. The summed E-state index contributed by atoms with van der Waals surface area (Å²) in [6.45, 7) is 4.51. The van der Waals surface area contributed by atoms with E-state index in [1.54, 1.807) is 11.3 Å². The van der Waals surface area contributed by atoms with Crippen LogP contribution in [0.3, 0.4) is 0 Å². The molecule has 0 bridgehead atoms. The van der Waals surface area contributed by atoms with Gasteiger partial charge in [0, 0.05) is 35.1 Å². The molecule has 0 radical (unpaired) electrons. The van der Waals surface area contributed by atoms with Crippen molar-refractivity contribution in [1.29, 1.82) is 0 Å². The van der Waals surface area contributed by atoms with Gasteiger partial charge in [0.1, 0.15) is 6.61 Å². The lowest BCUT2D eigenvalue weighted by atomic mass is 10.1. The molecule has 3 aromatic rings. The molecule has 0 aliphatic rings. The number of benzene rings is 1. The molecular weight excluding hydrogens is 298 g/mol. The summed E-state index contributed by atoms with van der Waals surface area (Å²) in [6, 6.07) is 7.68. The van der Waals surface area contributed by atoms with Crippen LogP contribution in [0.2, 0.25) is 0 Å². The Hall–Kier alpha value is -2.18. The first-order valence-corrected chi connectivity index (χ1v) is 7.96. The molecule has 1 aromatic carbocycles. The number of imidazole rings is 1. The van der Waals surface area contributed by atoms with Crippen LogP contribution in [-0.2, 0) is 9.53 Å². The lowest BCUT2D eigenvalue weighted by Gasteiger charge is -2.06. The summed E-state index contributed by atoms with van der Waals surface area (Å²) in [5.74, 6) is -0.152. The Balaban J connectivity index is 1.82. The Labute approximate surface area is 132 Å². The van der Waals surface area contributed by atoms with Gasteiger partial charge in [-0.3, -0.25) is 9.20 Å². The predicted molar refractivity (Wildman–Crippen MR) is 88.4 cm³/mol. The van der Waals surface area contributed by atoms with Gasteiger partial charge in [-0.25, -0.2) is 4.98 Å². The van der Waals surface area contributed by atoms with Crippen molar-refractivity contribution in [2.75, 3.05) is 18.5 Å². The highest BCUT2D eigenvalue weighted by Gasteiger charge is 2.09. The molecule has 1 N–H and O–H groups in total. The van der Waals surface area contributed by atoms with Gasteiger partial charge in [0.2, 0.25) is 5.91 Å². The van der Waals surface area contributed by atoms with Crippen LogP contribution in [0.25, 0.3) is 16.2 Å². The number of aromatic nitrogens is 2. The minimum Gasteiger partial charge on any atom is -0.372 e. The van der Waals surface area contributed by atoms with E-state index in [4.69, 9.17) is 4.74 Å². The Kier molecular flexibility index (Phi) is 4.22. The van der Waals surface area contributed by atoms with Crippen molar-refractivity contribution in [3.63, 3.8) is 0 Å². The number of rotatable bonds is 5. The first-order valence-electron chi connectivity index (χ1n) is 7.08. The summed E-state index contributed by atoms with van der Waals surface area (Å²) >= 11 is 1.62. The molecule has 0 aliphatic carbocycles. The normalized spacial score (nSPS) is 11.0. The van der Waals surface area contributed by atoms with Gasteiger partial charge in [-0.15, -0.1) is 11.3 Å². The molecule has 0 aliphatic heterocycles. The molecule has 0 atom stereocenters. The highest BCUT2D eigenvalue weighted by molar-refractivity contribution is 7.15. The van der Waals surface area contributed by atoms with Crippen molar-refractivity contribution in [1.82, 2.24) is 9.38 Å². The summed E-state index contributed by atoms with van der Waals surface area (Å²) in [4.78, 5) is 17.3. The van der Waals surface area contributed by atoms with Gasteiger partial charge >= 0.3 is 0 Å². The first-order chi connectivity index (χ1) is 10.7. The number of hydrogen-bond donors (Lipinski definition) is 1.